The van der Waals surface area contributed by atoms with Crippen LogP contribution in [0.4, 0.5) is 0 Å². The van der Waals surface area contributed by atoms with E-state index in [-0.39, 0.29) is 41.5 Å². The molecule has 8 heteroatoms. The number of amides is 1. The SMILES string of the molecule is CCCN(CC1(O)CCC2C34C=CC5(C=C3C(=O)c3ccc(OC)cc3)CC(O)CCC5(C)C4CCC21C)C(=O)C12CCC(C)(C(=O)O1)C2(C)C. The van der Waals surface area contributed by atoms with E-state index < -0.39 is 44.4 Å². The van der Waals surface area contributed by atoms with E-state index in [1.165, 1.54) is 0 Å². The summed E-state index contributed by atoms with van der Waals surface area (Å²) in [6, 6.07) is 7.36. The summed E-state index contributed by atoms with van der Waals surface area (Å²) in [6.07, 6.45) is 13.4. The molecule has 1 heterocycles. The van der Waals surface area contributed by atoms with E-state index in [0.717, 1.165) is 37.7 Å². The number of Topliss-reactive ketones (excluding diaryl/α,β-unsaturated/α-hetero) is 1. The molecule has 5 fully saturated rings. The zero-order valence-corrected chi connectivity index (χ0v) is 31.6. The topological polar surface area (TPSA) is 113 Å². The second-order valence-electron chi connectivity index (χ2n) is 18.8. The fraction of sp³-hybridized carbons (Fsp3) is 0.698. The minimum Gasteiger partial charge on any atom is -0.497 e. The molecule has 8 nitrogen and oxygen atoms in total. The van der Waals surface area contributed by atoms with Gasteiger partial charge in [0.2, 0.25) is 0 Å². The fourth-order valence-corrected chi connectivity index (χ4v) is 13.3. The van der Waals surface area contributed by atoms with Crippen molar-refractivity contribution in [2.75, 3.05) is 20.2 Å². The number of esters is 1. The van der Waals surface area contributed by atoms with Crippen LogP contribution < -0.4 is 4.74 Å². The Balaban J connectivity index is 1.19. The monoisotopic (exact) mass is 699 g/mol. The number of aliphatic hydroxyl groups is 2. The Bertz CT molecular complexity index is 1750. The molecule has 0 radical (unpaired) electrons. The first-order valence-corrected chi connectivity index (χ1v) is 19.5. The molecule has 9 rings (SSSR count). The van der Waals surface area contributed by atoms with E-state index in [9.17, 15) is 24.6 Å². The molecule has 1 aromatic carbocycles. The number of ketones is 1. The molecule has 1 saturated heterocycles. The summed E-state index contributed by atoms with van der Waals surface area (Å²) in [4.78, 5) is 44.6. The van der Waals surface area contributed by atoms with Crippen LogP contribution in [0.15, 0.2) is 48.1 Å². The third-order valence-corrected chi connectivity index (χ3v) is 17.0. The lowest BCUT2D eigenvalue weighted by Crippen LogP contribution is -2.68. The van der Waals surface area contributed by atoms with Crippen LogP contribution in [0.2, 0.25) is 0 Å². The van der Waals surface area contributed by atoms with Gasteiger partial charge in [-0.15, -0.1) is 0 Å². The Morgan fingerprint density at radius 1 is 0.922 bits per heavy atom. The average molecular weight is 700 g/mol. The number of carbonyl (C=O) groups is 3. The van der Waals surface area contributed by atoms with Gasteiger partial charge >= 0.3 is 5.97 Å². The van der Waals surface area contributed by atoms with Gasteiger partial charge in [0, 0.05) is 39.3 Å². The van der Waals surface area contributed by atoms with E-state index in [1.54, 1.807) is 7.11 Å². The number of hydrogen-bond donors (Lipinski definition) is 2. The number of carbonyl (C=O) groups excluding carboxylic acids is 3. The van der Waals surface area contributed by atoms with Crippen molar-refractivity contribution in [1.82, 2.24) is 4.90 Å². The fourth-order valence-electron chi connectivity index (χ4n) is 13.3. The Kier molecular flexibility index (Phi) is 7.43. The molecular weight excluding hydrogens is 642 g/mol. The molecule has 2 N–H and O–H groups in total. The molecule has 1 aromatic rings. The van der Waals surface area contributed by atoms with Gasteiger partial charge in [-0.3, -0.25) is 14.4 Å². The maximum atomic E-state index is 14.9. The maximum Gasteiger partial charge on any atom is 0.313 e. The van der Waals surface area contributed by atoms with Gasteiger partial charge in [0.25, 0.3) is 5.91 Å². The number of nitrogens with zero attached hydrogens (tertiary/aromatic N) is 1. The average Bonchev–Trinajstić information content (AvgIpc) is 3.55. The van der Waals surface area contributed by atoms with Gasteiger partial charge in [0.15, 0.2) is 11.4 Å². The summed E-state index contributed by atoms with van der Waals surface area (Å²) >= 11 is 0. The minimum absolute atomic E-state index is 0.00429. The largest absolute Gasteiger partial charge is 0.497 e. The Labute approximate surface area is 303 Å². The van der Waals surface area contributed by atoms with Crippen LogP contribution >= 0.6 is 0 Å². The number of aliphatic hydroxyl groups excluding tert-OH is 1. The first-order chi connectivity index (χ1) is 23.9. The summed E-state index contributed by atoms with van der Waals surface area (Å²) in [5.74, 6) is 0.358. The molecule has 276 valence electrons. The van der Waals surface area contributed by atoms with Crippen molar-refractivity contribution in [3.63, 3.8) is 0 Å². The summed E-state index contributed by atoms with van der Waals surface area (Å²) in [7, 11) is 1.62. The smallest absolute Gasteiger partial charge is 0.313 e. The van der Waals surface area contributed by atoms with E-state index in [1.807, 2.05) is 56.9 Å². The van der Waals surface area contributed by atoms with Crippen LogP contribution in [0.5, 0.6) is 5.75 Å². The number of benzene rings is 1. The Morgan fingerprint density at radius 2 is 1.59 bits per heavy atom. The van der Waals surface area contributed by atoms with Crippen molar-refractivity contribution < 1.29 is 34.1 Å². The molecule has 51 heavy (non-hydrogen) atoms. The quantitative estimate of drug-likeness (QED) is 0.174. The van der Waals surface area contributed by atoms with E-state index >= 15 is 0 Å². The lowest BCUT2D eigenvalue weighted by atomic mass is 9.32. The molecule has 10 unspecified atom stereocenters. The van der Waals surface area contributed by atoms with Crippen LogP contribution in [0.25, 0.3) is 0 Å². The van der Waals surface area contributed by atoms with Gasteiger partial charge in [0.05, 0.1) is 30.8 Å². The van der Waals surface area contributed by atoms with Crippen molar-refractivity contribution in [3.8, 4) is 5.75 Å². The van der Waals surface area contributed by atoms with Crippen LogP contribution in [0.3, 0.4) is 0 Å². The summed E-state index contributed by atoms with van der Waals surface area (Å²) in [5, 5.41) is 24.1. The van der Waals surface area contributed by atoms with Gasteiger partial charge in [0.1, 0.15) is 5.75 Å². The van der Waals surface area contributed by atoms with Crippen molar-refractivity contribution in [2.45, 2.75) is 123 Å². The number of allylic oxidation sites excluding steroid dienone is 4. The minimum atomic E-state index is -1.24. The zero-order valence-electron chi connectivity index (χ0n) is 31.6. The van der Waals surface area contributed by atoms with Crippen LogP contribution in [0.1, 0.15) is 116 Å². The highest BCUT2D eigenvalue weighted by molar-refractivity contribution is 6.10. The predicted molar refractivity (Wildman–Crippen MR) is 193 cm³/mol. The highest BCUT2D eigenvalue weighted by atomic mass is 16.6. The van der Waals surface area contributed by atoms with Gasteiger partial charge < -0.3 is 24.6 Å². The lowest BCUT2D eigenvalue weighted by molar-refractivity contribution is -0.187. The number of ether oxygens (including phenoxy) is 2. The number of fused-ring (bicyclic) bond motifs is 3. The van der Waals surface area contributed by atoms with Crippen LogP contribution in [-0.2, 0) is 14.3 Å². The predicted octanol–water partition coefficient (Wildman–Crippen LogP) is 6.83. The maximum absolute atomic E-state index is 14.9. The highest BCUT2D eigenvalue weighted by Crippen LogP contribution is 2.78. The third kappa shape index (κ3) is 4.02. The molecule has 2 spiro atoms. The Morgan fingerprint density at radius 3 is 2.22 bits per heavy atom. The third-order valence-electron chi connectivity index (χ3n) is 17.0. The summed E-state index contributed by atoms with van der Waals surface area (Å²) in [5.41, 5.74) is -4.15. The Hall–Kier alpha value is -2.97. The molecule has 4 bridgehead atoms. The molecule has 8 aliphatic rings. The van der Waals surface area contributed by atoms with Crippen LogP contribution in [0, 0.1) is 44.3 Å². The summed E-state index contributed by atoms with van der Waals surface area (Å²) in [6.45, 7) is 13.2. The highest BCUT2D eigenvalue weighted by Gasteiger charge is 2.78. The van der Waals surface area contributed by atoms with Gasteiger partial charge in [-0.25, -0.2) is 0 Å². The van der Waals surface area contributed by atoms with Crippen molar-refractivity contribution in [2.24, 2.45) is 44.3 Å². The van der Waals surface area contributed by atoms with Crippen molar-refractivity contribution >= 4 is 17.7 Å². The molecule has 0 aromatic heterocycles. The summed E-state index contributed by atoms with van der Waals surface area (Å²) < 4.78 is 11.5. The molecule has 7 aliphatic carbocycles. The second-order valence-corrected chi connectivity index (χ2v) is 18.8. The standard InChI is InChI=1S/C43H57NO7/c1-8-23-44(34(47)43-22-19-39(6,35(48)51-43)36(43,2)3)26-41(49)18-15-32-38(41,5)17-14-31-37(4)16-13-28(45)24-40(37)20-21-42(31,32)30(25-40)33(46)27-9-11-29(50-7)12-10-27/h9-12,20-21,25,28,31-32,45,49H,8,13-19,22-24,26H2,1-7H3. The van der Waals surface area contributed by atoms with Crippen molar-refractivity contribution in [3.05, 3.63) is 53.6 Å². The van der Waals surface area contributed by atoms with E-state index in [2.05, 4.69) is 32.1 Å². The normalized spacial score (nSPS) is 45.4. The lowest BCUT2D eigenvalue weighted by Gasteiger charge is -2.71. The van der Waals surface area contributed by atoms with Crippen molar-refractivity contribution in [1.29, 1.82) is 0 Å². The molecule has 10 atom stereocenters. The number of hydrogen-bond acceptors (Lipinski definition) is 7. The zero-order chi connectivity index (χ0) is 36.6. The van der Waals surface area contributed by atoms with Gasteiger partial charge in [-0.05, 0) is 113 Å². The first kappa shape index (κ1) is 35.1. The van der Waals surface area contributed by atoms with E-state index in [0.29, 0.717) is 50.0 Å². The first-order valence-electron chi connectivity index (χ1n) is 19.5. The van der Waals surface area contributed by atoms with Gasteiger partial charge in [-0.2, -0.15) is 0 Å². The number of methoxy groups -OCH3 is 1. The molecule has 1 amide bonds. The van der Waals surface area contributed by atoms with Crippen LogP contribution in [-0.4, -0.2) is 70.3 Å². The van der Waals surface area contributed by atoms with Gasteiger partial charge in [-0.1, -0.05) is 52.8 Å². The second kappa shape index (κ2) is 10.8. The molecular formula is C43H57NO7. The molecule has 1 aliphatic heterocycles. The number of rotatable bonds is 8. The van der Waals surface area contributed by atoms with E-state index in [4.69, 9.17) is 9.47 Å². The molecule has 4 saturated carbocycles.